The van der Waals surface area contributed by atoms with Crippen molar-refractivity contribution in [1.29, 1.82) is 5.26 Å². The summed E-state index contributed by atoms with van der Waals surface area (Å²) in [5.74, 6) is -0.393. The smallest absolute Gasteiger partial charge is 0.266 e. The minimum absolute atomic E-state index is 0.0660. The van der Waals surface area contributed by atoms with Crippen molar-refractivity contribution in [2.24, 2.45) is 5.73 Å². The zero-order chi connectivity index (χ0) is 17.9. The molecule has 0 atom stereocenters. The first-order valence-corrected chi connectivity index (χ1v) is 7.91. The van der Waals surface area contributed by atoms with Crippen LogP contribution >= 0.6 is 0 Å². The van der Waals surface area contributed by atoms with Crippen LogP contribution in [0.5, 0.6) is 0 Å². The second-order valence-corrected chi connectivity index (χ2v) is 5.65. The van der Waals surface area contributed by atoms with Crippen LogP contribution < -0.4 is 5.73 Å². The quantitative estimate of drug-likeness (QED) is 0.424. The third kappa shape index (κ3) is 5.86. The Balaban J connectivity index is 2.98. The van der Waals surface area contributed by atoms with Crippen LogP contribution in [0.25, 0.3) is 0 Å². The van der Waals surface area contributed by atoms with Crippen molar-refractivity contribution in [3.63, 3.8) is 0 Å². The molecule has 0 aliphatic heterocycles. The Kier molecular flexibility index (Phi) is 8.23. The molecule has 0 heterocycles. The van der Waals surface area contributed by atoms with Gasteiger partial charge in [-0.3, -0.25) is 9.59 Å². The number of amides is 2. The summed E-state index contributed by atoms with van der Waals surface area (Å²) < 4.78 is 0. The lowest BCUT2D eigenvalue weighted by molar-refractivity contribution is -0.129. The highest BCUT2D eigenvalue weighted by molar-refractivity contribution is 5.97. The van der Waals surface area contributed by atoms with Crippen molar-refractivity contribution < 1.29 is 9.59 Å². The van der Waals surface area contributed by atoms with Crippen LogP contribution in [0.4, 0.5) is 0 Å². The molecule has 0 aromatic heterocycles. The highest BCUT2D eigenvalue weighted by Gasteiger charge is 2.22. The van der Waals surface area contributed by atoms with Gasteiger partial charge in [0.2, 0.25) is 6.41 Å². The summed E-state index contributed by atoms with van der Waals surface area (Å²) in [6.07, 6.45) is 2.49. The lowest BCUT2D eigenvalue weighted by Gasteiger charge is -2.27. The van der Waals surface area contributed by atoms with Gasteiger partial charge in [-0.05, 0) is 32.4 Å². The van der Waals surface area contributed by atoms with Crippen molar-refractivity contribution in [1.82, 2.24) is 9.80 Å². The van der Waals surface area contributed by atoms with E-state index in [1.165, 1.54) is 11.1 Å². The summed E-state index contributed by atoms with van der Waals surface area (Å²) in [6, 6.07) is 11.4. The predicted octanol–water partition coefficient (Wildman–Crippen LogP) is 1.64. The number of nitrogens with two attached hydrogens (primary N) is 1. The highest BCUT2D eigenvalue weighted by Crippen LogP contribution is 2.13. The molecule has 0 unspecified atom stereocenters. The van der Waals surface area contributed by atoms with Gasteiger partial charge in [0, 0.05) is 25.3 Å². The predicted molar refractivity (Wildman–Crippen MR) is 92.3 cm³/mol. The fourth-order valence-corrected chi connectivity index (χ4v) is 2.14. The van der Waals surface area contributed by atoms with E-state index in [2.05, 4.69) is 0 Å². The summed E-state index contributed by atoms with van der Waals surface area (Å²) in [5.41, 5.74) is 6.34. The molecule has 128 valence electrons. The molecule has 0 bridgehead atoms. The Morgan fingerprint density at radius 2 is 2.00 bits per heavy atom. The summed E-state index contributed by atoms with van der Waals surface area (Å²) >= 11 is 0. The maximum atomic E-state index is 12.7. The Bertz CT molecular complexity index is 605. The second-order valence-electron chi connectivity index (χ2n) is 5.65. The van der Waals surface area contributed by atoms with Gasteiger partial charge in [-0.1, -0.05) is 30.3 Å². The molecule has 0 radical (unpaired) electrons. The van der Waals surface area contributed by atoms with Gasteiger partial charge in [-0.15, -0.1) is 0 Å². The van der Waals surface area contributed by atoms with Crippen LogP contribution in [0.15, 0.2) is 42.1 Å². The van der Waals surface area contributed by atoms with E-state index >= 15 is 0 Å². The van der Waals surface area contributed by atoms with Gasteiger partial charge < -0.3 is 15.5 Å². The molecule has 0 aliphatic rings. The molecule has 6 heteroatoms. The van der Waals surface area contributed by atoms with Crippen LogP contribution in [-0.4, -0.2) is 41.2 Å². The molecule has 2 N–H and O–H groups in total. The number of carbonyl (C=O) groups excluding carboxylic acids is 2. The van der Waals surface area contributed by atoms with E-state index in [0.29, 0.717) is 32.5 Å². The Hall–Kier alpha value is -2.65. The van der Waals surface area contributed by atoms with E-state index in [9.17, 15) is 14.9 Å². The molecule has 1 aromatic rings. The van der Waals surface area contributed by atoms with E-state index in [4.69, 9.17) is 5.73 Å². The molecule has 6 nitrogen and oxygen atoms in total. The minimum atomic E-state index is -0.393. The SMILES string of the molecule is CC(C)N(Cc1ccccc1)C(=O)/C(C#N)=C\N(C=O)CCCN. The number of nitrogens with zero attached hydrogens (tertiary/aromatic N) is 3. The molecular formula is C18H24N4O2. The van der Waals surface area contributed by atoms with Crippen molar-refractivity contribution >= 4 is 12.3 Å². The zero-order valence-corrected chi connectivity index (χ0v) is 14.2. The van der Waals surface area contributed by atoms with Gasteiger partial charge >= 0.3 is 0 Å². The van der Waals surface area contributed by atoms with Gasteiger partial charge in [0.25, 0.3) is 5.91 Å². The molecule has 0 saturated carbocycles. The fourth-order valence-electron chi connectivity index (χ4n) is 2.14. The average molecular weight is 328 g/mol. The molecule has 24 heavy (non-hydrogen) atoms. The van der Waals surface area contributed by atoms with Gasteiger partial charge in [0.15, 0.2) is 0 Å². The monoisotopic (exact) mass is 328 g/mol. The molecule has 1 aromatic carbocycles. The van der Waals surface area contributed by atoms with Crippen molar-refractivity contribution in [3.05, 3.63) is 47.7 Å². The third-order valence-electron chi connectivity index (χ3n) is 3.48. The maximum Gasteiger partial charge on any atom is 0.266 e. The van der Waals surface area contributed by atoms with E-state index < -0.39 is 5.91 Å². The Morgan fingerprint density at radius 3 is 2.50 bits per heavy atom. The zero-order valence-electron chi connectivity index (χ0n) is 14.2. The standard InChI is InChI=1S/C18H24N4O2/c1-15(2)22(12-16-7-4-3-5-8-16)18(24)17(11-20)13-21(14-23)10-6-9-19/h3-5,7-8,13-15H,6,9-10,12,19H2,1-2H3/b17-13-. The summed E-state index contributed by atoms with van der Waals surface area (Å²) in [6.45, 7) is 4.99. The normalized spacial score (nSPS) is 11.0. The van der Waals surface area contributed by atoms with Crippen molar-refractivity contribution in [2.45, 2.75) is 32.9 Å². The maximum absolute atomic E-state index is 12.7. The van der Waals surface area contributed by atoms with Crippen LogP contribution in [-0.2, 0) is 16.1 Å². The van der Waals surface area contributed by atoms with Crippen LogP contribution in [0, 0.1) is 11.3 Å². The minimum Gasteiger partial charge on any atom is -0.331 e. The van der Waals surface area contributed by atoms with Gasteiger partial charge in [0.05, 0.1) is 0 Å². The first-order chi connectivity index (χ1) is 11.5. The number of carbonyl (C=O) groups is 2. The van der Waals surface area contributed by atoms with Crippen molar-refractivity contribution in [3.8, 4) is 6.07 Å². The van der Waals surface area contributed by atoms with Crippen LogP contribution in [0.3, 0.4) is 0 Å². The van der Waals surface area contributed by atoms with E-state index in [0.717, 1.165) is 5.56 Å². The lowest BCUT2D eigenvalue weighted by Crippen LogP contribution is -2.37. The van der Waals surface area contributed by atoms with Gasteiger partial charge in [-0.25, -0.2) is 0 Å². The van der Waals surface area contributed by atoms with Gasteiger partial charge in [-0.2, -0.15) is 5.26 Å². The lowest BCUT2D eigenvalue weighted by atomic mass is 10.1. The molecule has 0 fully saturated rings. The Labute approximate surface area is 143 Å². The van der Waals surface area contributed by atoms with E-state index in [1.807, 2.05) is 50.2 Å². The van der Waals surface area contributed by atoms with Crippen LogP contribution in [0.2, 0.25) is 0 Å². The molecular weight excluding hydrogens is 304 g/mol. The highest BCUT2D eigenvalue weighted by atomic mass is 16.2. The van der Waals surface area contributed by atoms with E-state index in [-0.39, 0.29) is 11.6 Å². The molecule has 2 amide bonds. The first kappa shape index (κ1) is 19.4. The number of hydrogen-bond acceptors (Lipinski definition) is 4. The summed E-state index contributed by atoms with van der Waals surface area (Å²) in [4.78, 5) is 26.7. The fraction of sp³-hybridized carbons (Fsp3) is 0.389. The molecule has 1 rings (SSSR count). The van der Waals surface area contributed by atoms with Gasteiger partial charge in [0.1, 0.15) is 11.6 Å². The van der Waals surface area contributed by atoms with Crippen molar-refractivity contribution in [2.75, 3.05) is 13.1 Å². The van der Waals surface area contributed by atoms with E-state index in [1.54, 1.807) is 4.90 Å². The number of hydrogen-bond donors (Lipinski definition) is 1. The molecule has 0 saturated heterocycles. The third-order valence-corrected chi connectivity index (χ3v) is 3.48. The first-order valence-electron chi connectivity index (χ1n) is 7.91. The summed E-state index contributed by atoms with van der Waals surface area (Å²) in [7, 11) is 0. The Morgan fingerprint density at radius 1 is 1.33 bits per heavy atom. The number of nitriles is 1. The summed E-state index contributed by atoms with van der Waals surface area (Å²) in [5, 5.41) is 9.33. The topological polar surface area (TPSA) is 90.4 Å². The van der Waals surface area contributed by atoms with Crippen LogP contribution in [0.1, 0.15) is 25.8 Å². The molecule has 0 aliphatic carbocycles. The average Bonchev–Trinajstić information content (AvgIpc) is 2.60. The second kappa shape index (κ2) is 10.2. The number of benzene rings is 1. The molecule has 0 spiro atoms. The largest absolute Gasteiger partial charge is 0.331 e. The number of rotatable bonds is 9.